The lowest BCUT2D eigenvalue weighted by Crippen LogP contribution is -2.21. The van der Waals surface area contributed by atoms with Crippen molar-refractivity contribution >= 4 is 45.0 Å². The van der Waals surface area contributed by atoms with Gasteiger partial charge in [0.1, 0.15) is 5.75 Å². The molecule has 0 radical (unpaired) electrons. The number of nitrogens with one attached hydrogen (secondary N) is 2. The van der Waals surface area contributed by atoms with E-state index in [1.807, 2.05) is 6.07 Å². The first kappa shape index (κ1) is 25.0. The van der Waals surface area contributed by atoms with E-state index in [9.17, 15) is 4.79 Å². The molecule has 4 N–H and O–H groups in total. The minimum absolute atomic E-state index is 0.0317. The highest BCUT2D eigenvalue weighted by Gasteiger charge is 2.18. The van der Waals surface area contributed by atoms with Crippen molar-refractivity contribution in [3.63, 3.8) is 0 Å². The molecule has 2 aromatic carbocycles. The van der Waals surface area contributed by atoms with Crippen molar-refractivity contribution in [1.29, 1.82) is 10.7 Å². The largest absolute Gasteiger partial charge is 0.453 e. The predicted molar refractivity (Wildman–Crippen MR) is 127 cm³/mol. The van der Waals surface area contributed by atoms with Gasteiger partial charge >= 0.3 is 5.97 Å². The summed E-state index contributed by atoms with van der Waals surface area (Å²) in [5.74, 6) is -1.04. The molecule has 0 aliphatic rings. The van der Waals surface area contributed by atoms with E-state index >= 15 is 4.39 Å². The third kappa shape index (κ3) is 6.26. The van der Waals surface area contributed by atoms with Crippen molar-refractivity contribution in [3.8, 4) is 17.6 Å². The monoisotopic (exact) mass is 546 g/mol. The Kier molecular flexibility index (Phi) is 8.48. The molecule has 0 aliphatic carbocycles. The molecule has 0 aliphatic heterocycles. The van der Waals surface area contributed by atoms with Crippen molar-refractivity contribution in [3.05, 3.63) is 74.6 Å². The average molecular weight is 548 g/mol. The summed E-state index contributed by atoms with van der Waals surface area (Å²) in [6.45, 7) is -0.491. The van der Waals surface area contributed by atoms with Crippen LogP contribution in [0.4, 0.5) is 10.2 Å². The minimum Gasteiger partial charge on any atom is -0.453 e. The molecule has 0 amide bonds. The van der Waals surface area contributed by atoms with Crippen molar-refractivity contribution in [2.24, 2.45) is 5.73 Å². The maximum absolute atomic E-state index is 15.3. The summed E-state index contributed by atoms with van der Waals surface area (Å²) in [7, 11) is 0. The number of nitrogens with zero attached hydrogens (tertiary/aromatic N) is 3. The number of hydrogen-bond acceptors (Lipinski definition) is 9. The van der Waals surface area contributed by atoms with Crippen LogP contribution in [0.15, 0.2) is 47.1 Å². The Morgan fingerprint density at radius 1 is 1.32 bits per heavy atom. The second kappa shape index (κ2) is 11.5. The first-order valence-corrected chi connectivity index (χ1v) is 10.8. The van der Waals surface area contributed by atoms with Crippen molar-refractivity contribution in [1.82, 2.24) is 10.2 Å². The molecule has 0 saturated heterocycles. The number of carbonyl (C=O) groups excluding carboxylic acids is 1. The third-order valence-electron chi connectivity index (χ3n) is 4.40. The molecule has 0 fully saturated rings. The number of halogens is 3. The number of nitriles is 1. The van der Waals surface area contributed by atoms with Crippen molar-refractivity contribution in [2.75, 3.05) is 18.6 Å². The number of rotatable bonds is 9. The van der Waals surface area contributed by atoms with Crippen LogP contribution in [0.25, 0.3) is 0 Å². The molecule has 1 aromatic heterocycles. The number of anilines is 1. The van der Waals surface area contributed by atoms with Crippen LogP contribution in [0.5, 0.6) is 11.5 Å². The van der Waals surface area contributed by atoms with Crippen LogP contribution < -0.4 is 15.8 Å². The van der Waals surface area contributed by atoms with E-state index in [1.165, 1.54) is 36.5 Å². The highest BCUT2D eigenvalue weighted by atomic mass is 79.9. The Morgan fingerprint density at radius 3 is 2.85 bits per heavy atom. The number of carbonyl (C=O) groups is 1. The number of aromatic nitrogens is 2. The quantitative estimate of drug-likeness (QED) is 0.205. The Hall–Kier alpha value is -3.59. The molecular formula is C22H17BrClFN6O3. The summed E-state index contributed by atoms with van der Waals surface area (Å²) >= 11 is 9.27. The van der Waals surface area contributed by atoms with Crippen LogP contribution in [0, 0.1) is 22.6 Å². The maximum atomic E-state index is 15.3. The zero-order chi connectivity index (χ0) is 24.7. The van der Waals surface area contributed by atoms with E-state index in [0.717, 1.165) is 0 Å². The number of benzene rings is 2. The van der Waals surface area contributed by atoms with Gasteiger partial charge in [-0.25, -0.2) is 4.39 Å². The lowest BCUT2D eigenvalue weighted by molar-refractivity contribution is -0.141. The molecule has 1 heterocycles. The summed E-state index contributed by atoms with van der Waals surface area (Å²) in [5.41, 5.74) is 6.01. The van der Waals surface area contributed by atoms with Crippen LogP contribution >= 0.6 is 27.5 Å². The molecule has 34 heavy (non-hydrogen) atoms. The van der Waals surface area contributed by atoms with E-state index in [2.05, 4.69) is 31.4 Å². The van der Waals surface area contributed by atoms with Gasteiger partial charge in [0.2, 0.25) is 0 Å². The number of esters is 1. The predicted octanol–water partition coefficient (Wildman–Crippen LogP) is 4.18. The summed E-state index contributed by atoms with van der Waals surface area (Å²) < 4.78 is 26.2. The number of ether oxygens (including phenoxy) is 2. The first-order chi connectivity index (χ1) is 16.3. The normalized spacial score (nSPS) is 10.3. The molecule has 0 saturated carbocycles. The zero-order valence-electron chi connectivity index (χ0n) is 17.4. The van der Waals surface area contributed by atoms with Gasteiger partial charge in [-0.2, -0.15) is 10.4 Å². The molecule has 12 heteroatoms. The van der Waals surface area contributed by atoms with E-state index in [1.54, 1.807) is 6.07 Å². The Labute approximate surface area is 207 Å². The highest BCUT2D eigenvalue weighted by Crippen LogP contribution is 2.36. The second-order valence-corrected chi connectivity index (χ2v) is 8.02. The van der Waals surface area contributed by atoms with Gasteiger partial charge in [-0.3, -0.25) is 4.79 Å². The standard InChI is InChI=1S/C22H17BrClFN6O3/c23-17-2-1-13(20(25)21(17)34-15-6-12(9-26)5-14(24)8-15)7-18(28)16-3-4-30-31-22(16)29-11-33-19(32)10-27/h1-6,8,28H,7,10-11,27H2,(H,29,31). The summed E-state index contributed by atoms with van der Waals surface area (Å²) in [6, 6.07) is 11.0. The Morgan fingerprint density at radius 2 is 2.12 bits per heavy atom. The molecule has 0 spiro atoms. The van der Waals surface area contributed by atoms with Gasteiger partial charge in [0.25, 0.3) is 0 Å². The summed E-state index contributed by atoms with van der Waals surface area (Å²) in [4.78, 5) is 11.2. The topological polar surface area (TPSA) is 147 Å². The molecular weight excluding hydrogens is 531 g/mol. The molecule has 0 unspecified atom stereocenters. The van der Waals surface area contributed by atoms with Crippen LogP contribution in [0.3, 0.4) is 0 Å². The van der Waals surface area contributed by atoms with Crippen LogP contribution in [-0.2, 0) is 16.0 Å². The van der Waals surface area contributed by atoms with Gasteiger partial charge in [-0.15, -0.1) is 5.10 Å². The number of hydrogen-bond donors (Lipinski definition) is 3. The van der Waals surface area contributed by atoms with Crippen LogP contribution in [0.2, 0.25) is 5.02 Å². The molecule has 0 bridgehead atoms. The fourth-order valence-corrected chi connectivity index (χ4v) is 3.46. The Balaban J connectivity index is 1.82. The second-order valence-electron chi connectivity index (χ2n) is 6.73. The highest BCUT2D eigenvalue weighted by molar-refractivity contribution is 9.10. The average Bonchev–Trinajstić information content (AvgIpc) is 2.83. The minimum atomic E-state index is -0.689. The van der Waals surface area contributed by atoms with Gasteiger partial charge in [-0.1, -0.05) is 17.7 Å². The molecule has 174 valence electrons. The van der Waals surface area contributed by atoms with E-state index in [0.29, 0.717) is 10.0 Å². The SMILES string of the molecule is N#Cc1cc(Cl)cc(Oc2c(Br)ccc(CC(=N)c3ccnnc3NCOC(=O)CN)c2F)c1. The first-order valence-electron chi connectivity index (χ1n) is 9.66. The van der Waals surface area contributed by atoms with Gasteiger partial charge in [0.15, 0.2) is 24.1 Å². The van der Waals surface area contributed by atoms with E-state index < -0.39 is 11.8 Å². The smallest absolute Gasteiger partial charge is 0.321 e. The fraction of sp³-hybridized carbons (Fsp3) is 0.136. The molecule has 0 atom stereocenters. The van der Waals surface area contributed by atoms with Gasteiger partial charge in [0, 0.05) is 22.7 Å². The Bertz CT molecular complexity index is 1280. The fourth-order valence-electron chi connectivity index (χ4n) is 2.84. The molecule has 3 rings (SSSR count). The third-order valence-corrected chi connectivity index (χ3v) is 5.24. The van der Waals surface area contributed by atoms with Gasteiger partial charge < -0.3 is 25.9 Å². The maximum Gasteiger partial charge on any atom is 0.321 e. The zero-order valence-corrected chi connectivity index (χ0v) is 19.8. The van der Waals surface area contributed by atoms with Crippen LogP contribution in [0.1, 0.15) is 16.7 Å². The molecule has 9 nitrogen and oxygen atoms in total. The summed E-state index contributed by atoms with van der Waals surface area (Å²) in [6.07, 6.45) is 1.29. The summed E-state index contributed by atoms with van der Waals surface area (Å²) in [5, 5.41) is 28.3. The van der Waals surface area contributed by atoms with Gasteiger partial charge in [-0.05, 0) is 51.8 Å². The van der Waals surface area contributed by atoms with Crippen molar-refractivity contribution in [2.45, 2.75) is 6.42 Å². The number of nitrogens with two attached hydrogens (primary N) is 1. The molecule has 3 aromatic rings. The lowest BCUT2D eigenvalue weighted by atomic mass is 10.0. The lowest BCUT2D eigenvalue weighted by Gasteiger charge is -2.14. The van der Waals surface area contributed by atoms with E-state index in [4.69, 9.17) is 37.5 Å². The van der Waals surface area contributed by atoms with E-state index in [-0.39, 0.29) is 58.9 Å². The van der Waals surface area contributed by atoms with Gasteiger partial charge in [0.05, 0.1) is 28.8 Å². The van der Waals surface area contributed by atoms with Crippen molar-refractivity contribution < 1.29 is 18.7 Å². The van der Waals surface area contributed by atoms with Crippen LogP contribution in [-0.4, -0.2) is 35.2 Å².